The van der Waals surface area contributed by atoms with Gasteiger partial charge in [-0.15, -0.1) is 11.3 Å². The zero-order valence-corrected chi connectivity index (χ0v) is 15.2. The van der Waals surface area contributed by atoms with Gasteiger partial charge in [0.1, 0.15) is 23.7 Å². The second-order valence-electron chi connectivity index (χ2n) is 5.62. The van der Waals surface area contributed by atoms with Crippen molar-refractivity contribution < 1.29 is 9.53 Å². The molecule has 4 rings (SSSR count). The molecular weight excluding hydrogens is 362 g/mol. The van der Waals surface area contributed by atoms with E-state index in [1.165, 1.54) is 17.7 Å². The lowest BCUT2D eigenvalue weighted by Gasteiger charge is -2.08. The predicted octanol–water partition coefficient (Wildman–Crippen LogP) is 4.08. The second kappa shape index (κ2) is 7.38. The summed E-state index contributed by atoms with van der Waals surface area (Å²) in [5.41, 5.74) is 0.693. The molecule has 0 spiro atoms. The first-order valence-corrected chi connectivity index (χ1v) is 9.02. The number of thiophene rings is 1. The number of anilines is 1. The van der Waals surface area contributed by atoms with E-state index in [1.54, 1.807) is 42.6 Å². The first-order chi connectivity index (χ1) is 13.2. The molecule has 4 aromatic rings. The van der Waals surface area contributed by atoms with Crippen molar-refractivity contribution in [1.82, 2.24) is 19.5 Å². The molecule has 0 saturated carbocycles. The normalized spacial score (nSPS) is 10.6. The third-order valence-electron chi connectivity index (χ3n) is 3.78. The summed E-state index contributed by atoms with van der Waals surface area (Å²) in [4.78, 5) is 25.3. The Kier molecular flexibility index (Phi) is 4.63. The number of nitrogens with zero attached hydrogens (tertiary/aromatic N) is 4. The molecular formula is C19H15N5O2S. The van der Waals surface area contributed by atoms with E-state index in [0.29, 0.717) is 28.0 Å². The van der Waals surface area contributed by atoms with Crippen molar-refractivity contribution in [3.63, 3.8) is 0 Å². The van der Waals surface area contributed by atoms with Crippen molar-refractivity contribution in [3.8, 4) is 17.4 Å². The zero-order chi connectivity index (χ0) is 18.6. The van der Waals surface area contributed by atoms with Crippen LogP contribution in [0.25, 0.3) is 5.82 Å². The third-order valence-corrected chi connectivity index (χ3v) is 4.65. The minimum atomic E-state index is -0.130. The molecule has 0 aliphatic carbocycles. The van der Waals surface area contributed by atoms with Crippen LogP contribution in [0.4, 0.5) is 5.69 Å². The highest BCUT2D eigenvalue weighted by atomic mass is 32.1. The van der Waals surface area contributed by atoms with Gasteiger partial charge in [-0.25, -0.2) is 15.0 Å². The van der Waals surface area contributed by atoms with Gasteiger partial charge >= 0.3 is 0 Å². The van der Waals surface area contributed by atoms with Crippen LogP contribution in [0.15, 0.2) is 66.6 Å². The molecule has 8 heteroatoms. The molecule has 0 fully saturated rings. The molecule has 1 aromatic carbocycles. The Morgan fingerprint density at radius 1 is 1.15 bits per heavy atom. The van der Waals surface area contributed by atoms with Crippen molar-refractivity contribution in [2.75, 3.05) is 5.32 Å². The number of aromatic nitrogens is 4. The highest BCUT2D eigenvalue weighted by molar-refractivity contribution is 7.12. The minimum Gasteiger partial charge on any atom is -0.439 e. The number of carbonyl (C=O) groups excluding carboxylic acids is 1. The van der Waals surface area contributed by atoms with Gasteiger partial charge in [0.15, 0.2) is 0 Å². The lowest BCUT2D eigenvalue weighted by Crippen LogP contribution is -2.09. The number of imidazole rings is 1. The molecule has 0 unspecified atom stereocenters. The average molecular weight is 377 g/mol. The molecule has 3 aromatic heterocycles. The number of benzene rings is 1. The van der Waals surface area contributed by atoms with Gasteiger partial charge in [-0.05, 0) is 42.6 Å². The smallest absolute Gasteiger partial charge is 0.265 e. The number of hydrogen-bond acceptors (Lipinski definition) is 6. The summed E-state index contributed by atoms with van der Waals surface area (Å²) in [6.07, 6.45) is 4.98. The Labute approximate surface area is 159 Å². The van der Waals surface area contributed by atoms with Crippen molar-refractivity contribution in [1.29, 1.82) is 0 Å². The van der Waals surface area contributed by atoms with Gasteiger partial charge in [-0.2, -0.15) is 0 Å². The lowest BCUT2D eigenvalue weighted by atomic mass is 10.3. The molecule has 1 amide bonds. The van der Waals surface area contributed by atoms with Crippen molar-refractivity contribution >= 4 is 22.9 Å². The average Bonchev–Trinajstić information content (AvgIpc) is 3.35. The summed E-state index contributed by atoms with van der Waals surface area (Å²) in [6, 6.07) is 12.5. The van der Waals surface area contributed by atoms with Gasteiger partial charge in [0.2, 0.25) is 5.88 Å². The van der Waals surface area contributed by atoms with Gasteiger partial charge in [-0.3, -0.25) is 9.36 Å². The van der Waals surface area contributed by atoms with Crippen LogP contribution < -0.4 is 10.1 Å². The van der Waals surface area contributed by atoms with E-state index < -0.39 is 0 Å². The van der Waals surface area contributed by atoms with Gasteiger partial charge in [0.25, 0.3) is 5.91 Å². The van der Waals surface area contributed by atoms with Crippen LogP contribution in [0.3, 0.4) is 0 Å². The van der Waals surface area contributed by atoms with Gasteiger partial charge < -0.3 is 10.1 Å². The molecule has 0 aliphatic heterocycles. The first-order valence-electron chi connectivity index (χ1n) is 8.14. The van der Waals surface area contributed by atoms with E-state index in [0.717, 1.165) is 5.82 Å². The number of nitrogens with one attached hydrogen (secondary N) is 1. The van der Waals surface area contributed by atoms with Crippen LogP contribution in [0.5, 0.6) is 11.6 Å². The third kappa shape index (κ3) is 3.85. The molecule has 7 nitrogen and oxygen atoms in total. The van der Waals surface area contributed by atoms with Crippen LogP contribution in [-0.4, -0.2) is 25.4 Å². The highest BCUT2D eigenvalue weighted by Crippen LogP contribution is 2.23. The number of hydrogen-bond donors (Lipinski definition) is 1. The Hall–Kier alpha value is -3.52. The van der Waals surface area contributed by atoms with Crippen molar-refractivity contribution in [2.24, 2.45) is 0 Å². The summed E-state index contributed by atoms with van der Waals surface area (Å²) in [5.74, 6) is 2.40. The summed E-state index contributed by atoms with van der Waals surface area (Å²) in [5, 5.41) is 4.72. The van der Waals surface area contributed by atoms with E-state index in [-0.39, 0.29) is 5.91 Å². The summed E-state index contributed by atoms with van der Waals surface area (Å²) >= 11 is 1.40. The van der Waals surface area contributed by atoms with Gasteiger partial charge in [0, 0.05) is 24.1 Å². The number of rotatable bonds is 5. The molecule has 0 atom stereocenters. The Balaban J connectivity index is 1.46. The second-order valence-corrected chi connectivity index (χ2v) is 6.56. The summed E-state index contributed by atoms with van der Waals surface area (Å²) in [6.45, 7) is 1.89. The summed E-state index contributed by atoms with van der Waals surface area (Å²) < 4.78 is 7.64. The first kappa shape index (κ1) is 16.9. The highest BCUT2D eigenvalue weighted by Gasteiger charge is 2.08. The Bertz CT molecular complexity index is 1060. The minimum absolute atomic E-state index is 0.130. The van der Waals surface area contributed by atoms with Crippen molar-refractivity contribution in [3.05, 3.63) is 77.3 Å². The number of carbonyl (C=O) groups is 1. The van der Waals surface area contributed by atoms with Gasteiger partial charge in [0.05, 0.1) is 4.88 Å². The van der Waals surface area contributed by atoms with Crippen LogP contribution in [0, 0.1) is 6.92 Å². The van der Waals surface area contributed by atoms with E-state index in [9.17, 15) is 4.79 Å². The number of aryl methyl sites for hydroxylation is 1. The monoisotopic (exact) mass is 377 g/mol. The largest absolute Gasteiger partial charge is 0.439 e. The number of ether oxygens (including phenoxy) is 1. The zero-order valence-electron chi connectivity index (χ0n) is 14.4. The molecule has 3 heterocycles. The number of amides is 1. The maximum absolute atomic E-state index is 12.1. The SMILES string of the molecule is Cc1nccn1-c1cc(Oc2ccc(NC(=O)c3cccs3)cc2)ncn1. The fourth-order valence-electron chi connectivity index (χ4n) is 2.47. The maximum atomic E-state index is 12.1. The van der Waals surface area contributed by atoms with Crippen LogP contribution in [-0.2, 0) is 0 Å². The van der Waals surface area contributed by atoms with E-state index in [1.807, 2.05) is 29.1 Å². The molecule has 1 N–H and O–H groups in total. The van der Waals surface area contributed by atoms with Gasteiger partial charge in [-0.1, -0.05) is 6.07 Å². The topological polar surface area (TPSA) is 81.9 Å². The standard InChI is InChI=1S/C19H15N5O2S/c1-13-20-8-9-24(13)17-11-18(22-12-21-17)26-15-6-4-14(5-7-15)23-19(25)16-3-2-10-27-16/h2-12H,1H3,(H,23,25). The van der Waals surface area contributed by atoms with Crippen molar-refractivity contribution in [2.45, 2.75) is 6.92 Å². The Morgan fingerprint density at radius 3 is 2.70 bits per heavy atom. The fraction of sp³-hybridized carbons (Fsp3) is 0.0526. The molecule has 0 saturated heterocycles. The molecule has 0 bridgehead atoms. The predicted molar refractivity (Wildman–Crippen MR) is 103 cm³/mol. The molecule has 134 valence electrons. The van der Waals surface area contributed by atoms with E-state index in [2.05, 4.69) is 20.3 Å². The lowest BCUT2D eigenvalue weighted by molar-refractivity contribution is 0.103. The van der Waals surface area contributed by atoms with Crippen LogP contribution >= 0.6 is 11.3 Å². The van der Waals surface area contributed by atoms with Crippen LogP contribution in [0.1, 0.15) is 15.5 Å². The van der Waals surface area contributed by atoms with E-state index >= 15 is 0 Å². The molecule has 0 radical (unpaired) electrons. The van der Waals surface area contributed by atoms with E-state index in [4.69, 9.17) is 4.74 Å². The van der Waals surface area contributed by atoms with Crippen LogP contribution in [0.2, 0.25) is 0 Å². The maximum Gasteiger partial charge on any atom is 0.265 e. The molecule has 27 heavy (non-hydrogen) atoms. The molecule has 0 aliphatic rings. The fourth-order valence-corrected chi connectivity index (χ4v) is 3.08. The quantitative estimate of drug-likeness (QED) is 0.567. The summed E-state index contributed by atoms with van der Waals surface area (Å²) in [7, 11) is 0. The Morgan fingerprint density at radius 2 is 2.00 bits per heavy atom.